The van der Waals surface area contributed by atoms with Gasteiger partial charge in [-0.1, -0.05) is 46.3 Å². The van der Waals surface area contributed by atoms with E-state index in [1.807, 2.05) is 6.07 Å². The molecule has 0 saturated heterocycles. The number of hydrogen-bond donors (Lipinski definition) is 1. The molecule has 0 fully saturated rings. The summed E-state index contributed by atoms with van der Waals surface area (Å²) >= 11 is 3.31. The summed E-state index contributed by atoms with van der Waals surface area (Å²) in [7, 11) is 0. The molecular weight excluding hydrogens is 347 g/mol. The number of carbonyl (C=O) groups is 1. The third-order valence-corrected chi connectivity index (χ3v) is 3.32. The van der Waals surface area contributed by atoms with Gasteiger partial charge in [0, 0.05) is 15.6 Å². The number of hydrazone groups is 1. The highest BCUT2D eigenvalue weighted by atomic mass is 79.9. The summed E-state index contributed by atoms with van der Waals surface area (Å²) in [5.41, 5.74) is 3.99. The summed E-state index contributed by atoms with van der Waals surface area (Å²) in [5, 5.41) is 3.97. The molecule has 5 heteroatoms. The van der Waals surface area contributed by atoms with E-state index < -0.39 is 0 Å². The number of amides is 1. The van der Waals surface area contributed by atoms with E-state index in [2.05, 4.69) is 26.5 Å². The van der Waals surface area contributed by atoms with Crippen molar-refractivity contribution in [3.8, 4) is 0 Å². The lowest BCUT2D eigenvalue weighted by Crippen LogP contribution is -2.18. The maximum atomic E-state index is 13.4. The molecule has 0 bridgehead atoms. The van der Waals surface area contributed by atoms with E-state index >= 15 is 0 Å². The fraction of sp³-hybridized carbons (Fsp3) is 0.0588. The minimum Gasteiger partial charge on any atom is -0.267 e. The Labute approximate surface area is 136 Å². The number of allylic oxidation sites excluding steroid dienone is 1. The minimum atomic E-state index is -0.306. The Morgan fingerprint density at radius 1 is 1.23 bits per heavy atom. The van der Waals surface area contributed by atoms with Crippen LogP contribution in [0.1, 0.15) is 22.8 Å². The number of rotatable bonds is 4. The smallest absolute Gasteiger partial charge is 0.267 e. The summed E-state index contributed by atoms with van der Waals surface area (Å²) in [5.74, 6) is -0.607. The predicted octanol–water partition coefficient (Wildman–Crippen LogP) is 4.41. The molecule has 1 amide bonds. The van der Waals surface area contributed by atoms with E-state index in [-0.39, 0.29) is 11.7 Å². The molecule has 112 valence electrons. The van der Waals surface area contributed by atoms with Crippen LogP contribution in [-0.4, -0.2) is 11.6 Å². The second-order valence-electron chi connectivity index (χ2n) is 4.56. The first kappa shape index (κ1) is 16.1. The van der Waals surface area contributed by atoms with Gasteiger partial charge in [-0.05, 0) is 37.3 Å². The van der Waals surface area contributed by atoms with Crippen LogP contribution in [-0.2, 0) is 0 Å². The van der Waals surface area contributed by atoms with Crippen molar-refractivity contribution in [2.75, 3.05) is 0 Å². The molecule has 3 nitrogen and oxygen atoms in total. The minimum absolute atomic E-state index is 0.301. The fourth-order valence-corrected chi connectivity index (χ4v) is 2.09. The second-order valence-corrected chi connectivity index (χ2v) is 5.47. The molecule has 2 rings (SSSR count). The van der Waals surface area contributed by atoms with E-state index in [0.29, 0.717) is 16.8 Å². The van der Waals surface area contributed by atoms with Crippen molar-refractivity contribution in [1.29, 1.82) is 0 Å². The van der Waals surface area contributed by atoms with Crippen LogP contribution in [0.2, 0.25) is 0 Å². The maximum absolute atomic E-state index is 13.4. The summed E-state index contributed by atoms with van der Waals surface area (Å²) in [6, 6.07) is 13.4. The Balaban J connectivity index is 2.01. The standard InChI is InChI=1S/C17H14BrFN2O/c1-12(9-10-13-5-2-3-8-16(13)19)20-21-17(22)14-6-4-7-15(18)11-14/h2-11H,1H3,(H,21,22). The topological polar surface area (TPSA) is 41.5 Å². The van der Waals surface area contributed by atoms with Gasteiger partial charge in [0.25, 0.3) is 5.91 Å². The van der Waals surface area contributed by atoms with Gasteiger partial charge >= 0.3 is 0 Å². The average molecular weight is 361 g/mol. The fourth-order valence-electron chi connectivity index (χ4n) is 1.69. The normalized spacial score (nSPS) is 11.7. The molecule has 0 unspecified atom stereocenters. The highest BCUT2D eigenvalue weighted by Gasteiger charge is 2.04. The van der Waals surface area contributed by atoms with Gasteiger partial charge in [-0.3, -0.25) is 4.79 Å². The summed E-state index contributed by atoms with van der Waals surface area (Å²) in [6.07, 6.45) is 3.25. The third kappa shape index (κ3) is 4.63. The van der Waals surface area contributed by atoms with Gasteiger partial charge < -0.3 is 0 Å². The van der Waals surface area contributed by atoms with Crippen molar-refractivity contribution < 1.29 is 9.18 Å². The highest BCUT2D eigenvalue weighted by Crippen LogP contribution is 2.11. The third-order valence-electron chi connectivity index (χ3n) is 2.83. The number of benzene rings is 2. The lowest BCUT2D eigenvalue weighted by Gasteiger charge is -2.01. The number of halogens is 2. The zero-order valence-corrected chi connectivity index (χ0v) is 13.5. The Morgan fingerprint density at radius 3 is 2.73 bits per heavy atom. The van der Waals surface area contributed by atoms with Gasteiger partial charge in [0.2, 0.25) is 0 Å². The van der Waals surface area contributed by atoms with Crippen LogP contribution in [0.5, 0.6) is 0 Å². The van der Waals surface area contributed by atoms with Crippen LogP contribution < -0.4 is 5.43 Å². The number of nitrogens with zero attached hydrogens (tertiary/aromatic N) is 1. The van der Waals surface area contributed by atoms with Crippen molar-refractivity contribution in [3.05, 3.63) is 76.0 Å². The Kier molecular flexibility index (Phi) is 5.61. The van der Waals surface area contributed by atoms with Gasteiger partial charge in [0.1, 0.15) is 5.82 Å². The molecule has 0 spiro atoms. The molecule has 2 aromatic carbocycles. The molecule has 0 aliphatic rings. The lowest BCUT2D eigenvalue weighted by atomic mass is 10.2. The quantitative estimate of drug-likeness (QED) is 0.636. The number of nitrogens with one attached hydrogen (secondary N) is 1. The highest BCUT2D eigenvalue weighted by molar-refractivity contribution is 9.10. The van der Waals surface area contributed by atoms with Gasteiger partial charge in [0.15, 0.2) is 0 Å². The average Bonchev–Trinajstić information content (AvgIpc) is 2.52. The van der Waals surface area contributed by atoms with Crippen molar-refractivity contribution in [1.82, 2.24) is 5.43 Å². The Morgan fingerprint density at radius 2 is 2.00 bits per heavy atom. The molecule has 0 heterocycles. The van der Waals surface area contributed by atoms with Crippen molar-refractivity contribution in [2.45, 2.75) is 6.92 Å². The van der Waals surface area contributed by atoms with Crippen molar-refractivity contribution in [3.63, 3.8) is 0 Å². The zero-order valence-electron chi connectivity index (χ0n) is 11.9. The van der Waals surface area contributed by atoms with Gasteiger partial charge in [-0.2, -0.15) is 5.10 Å². The molecule has 2 aromatic rings. The Hall–Kier alpha value is -2.27. The van der Waals surface area contributed by atoms with Crippen LogP contribution in [0, 0.1) is 5.82 Å². The van der Waals surface area contributed by atoms with Gasteiger partial charge in [-0.25, -0.2) is 9.82 Å². The first-order valence-electron chi connectivity index (χ1n) is 6.59. The van der Waals surface area contributed by atoms with Crippen LogP contribution in [0.4, 0.5) is 4.39 Å². The monoisotopic (exact) mass is 360 g/mol. The van der Waals surface area contributed by atoms with Crippen LogP contribution in [0.3, 0.4) is 0 Å². The first-order chi connectivity index (χ1) is 10.6. The number of carbonyl (C=O) groups excluding carboxylic acids is 1. The molecule has 1 N–H and O–H groups in total. The largest absolute Gasteiger partial charge is 0.271 e. The van der Waals surface area contributed by atoms with Crippen molar-refractivity contribution in [2.24, 2.45) is 5.10 Å². The summed E-state index contributed by atoms with van der Waals surface area (Å²) < 4.78 is 14.3. The van der Waals surface area contributed by atoms with Crippen LogP contribution in [0.15, 0.2) is 64.2 Å². The van der Waals surface area contributed by atoms with E-state index in [9.17, 15) is 9.18 Å². The Bertz CT molecular complexity index is 741. The van der Waals surface area contributed by atoms with Crippen LogP contribution in [0.25, 0.3) is 6.08 Å². The van der Waals surface area contributed by atoms with Crippen molar-refractivity contribution >= 4 is 33.6 Å². The molecule has 0 aromatic heterocycles. The SMILES string of the molecule is CC(C=Cc1ccccc1F)=NNC(=O)c1cccc(Br)c1. The van der Waals surface area contributed by atoms with E-state index in [1.54, 1.807) is 55.5 Å². The summed E-state index contributed by atoms with van der Waals surface area (Å²) in [4.78, 5) is 11.9. The summed E-state index contributed by atoms with van der Waals surface area (Å²) in [6.45, 7) is 1.72. The molecule has 0 saturated carbocycles. The molecule has 22 heavy (non-hydrogen) atoms. The molecule has 0 aliphatic heterocycles. The second kappa shape index (κ2) is 7.66. The van der Waals surface area contributed by atoms with Crippen LogP contribution >= 0.6 is 15.9 Å². The lowest BCUT2D eigenvalue weighted by molar-refractivity contribution is 0.0955. The number of hydrogen-bond acceptors (Lipinski definition) is 2. The molecular formula is C17H14BrFN2O. The maximum Gasteiger partial charge on any atom is 0.271 e. The van der Waals surface area contributed by atoms with E-state index in [1.165, 1.54) is 6.07 Å². The van der Waals surface area contributed by atoms with Gasteiger partial charge in [0.05, 0.1) is 5.71 Å². The molecule has 0 aliphatic carbocycles. The zero-order chi connectivity index (χ0) is 15.9. The molecule has 0 atom stereocenters. The first-order valence-corrected chi connectivity index (χ1v) is 7.38. The van der Waals surface area contributed by atoms with E-state index in [0.717, 1.165) is 4.47 Å². The molecule has 0 radical (unpaired) electrons. The van der Waals surface area contributed by atoms with Gasteiger partial charge in [-0.15, -0.1) is 0 Å². The van der Waals surface area contributed by atoms with E-state index in [4.69, 9.17) is 0 Å². The predicted molar refractivity (Wildman–Crippen MR) is 90.2 cm³/mol.